The van der Waals surface area contributed by atoms with Gasteiger partial charge in [0, 0.05) is 6.07 Å². The second-order valence-corrected chi connectivity index (χ2v) is 5.37. The predicted molar refractivity (Wildman–Crippen MR) is 98.1 cm³/mol. The van der Waals surface area contributed by atoms with E-state index in [4.69, 9.17) is 20.3 Å². The summed E-state index contributed by atoms with van der Waals surface area (Å²) in [6.07, 6.45) is 1.08. The average Bonchev–Trinajstić information content (AvgIpc) is 3.09. The van der Waals surface area contributed by atoms with Crippen molar-refractivity contribution in [2.45, 2.75) is 0 Å². The van der Waals surface area contributed by atoms with E-state index in [1.54, 1.807) is 18.2 Å². The molecule has 0 atom stereocenters. The Hall–Kier alpha value is -4.33. The number of aromatic nitrogens is 4. The van der Waals surface area contributed by atoms with E-state index in [9.17, 15) is 10.1 Å². The van der Waals surface area contributed by atoms with E-state index < -0.39 is 5.97 Å². The molecule has 11 heteroatoms. The van der Waals surface area contributed by atoms with Crippen molar-refractivity contribution in [1.29, 1.82) is 5.26 Å². The van der Waals surface area contributed by atoms with E-state index in [1.165, 1.54) is 20.3 Å². The monoisotopic (exact) mass is 381 g/mol. The van der Waals surface area contributed by atoms with E-state index >= 15 is 0 Å². The largest absolute Gasteiger partial charge is 0.494 e. The molecule has 0 aliphatic heterocycles. The Labute approximate surface area is 159 Å². The number of benzene rings is 1. The smallest absolute Gasteiger partial charge is 0.341 e. The number of ether oxygens (including phenoxy) is 2. The minimum Gasteiger partial charge on any atom is -0.494 e. The number of nitriles is 1. The summed E-state index contributed by atoms with van der Waals surface area (Å²) in [5.41, 5.74) is 6.12. The van der Waals surface area contributed by atoms with Crippen LogP contribution in [0.25, 0.3) is 5.95 Å². The molecule has 11 nitrogen and oxygen atoms in total. The van der Waals surface area contributed by atoms with Gasteiger partial charge >= 0.3 is 5.97 Å². The van der Waals surface area contributed by atoms with Crippen molar-refractivity contribution in [2.24, 2.45) is 0 Å². The Kier molecular flexibility index (Phi) is 4.95. The fourth-order valence-electron chi connectivity index (χ4n) is 2.44. The Morgan fingerprint density at radius 2 is 1.96 bits per heavy atom. The van der Waals surface area contributed by atoms with Crippen LogP contribution in [-0.4, -0.2) is 45.0 Å². The van der Waals surface area contributed by atoms with Gasteiger partial charge < -0.3 is 25.6 Å². The number of anilines is 3. The van der Waals surface area contributed by atoms with Crippen LogP contribution >= 0.6 is 0 Å². The Balaban J connectivity index is 2.09. The summed E-state index contributed by atoms with van der Waals surface area (Å²) in [7, 11) is 3.01. The highest BCUT2D eigenvalue weighted by atomic mass is 16.5. The van der Waals surface area contributed by atoms with Gasteiger partial charge in [-0.1, -0.05) is 6.07 Å². The molecule has 4 N–H and O–H groups in total. The van der Waals surface area contributed by atoms with Crippen LogP contribution in [0.2, 0.25) is 0 Å². The molecule has 0 unspecified atom stereocenters. The zero-order chi connectivity index (χ0) is 20.3. The van der Waals surface area contributed by atoms with Crippen LogP contribution in [-0.2, 0) is 0 Å². The van der Waals surface area contributed by atoms with Gasteiger partial charge in [0.15, 0.2) is 0 Å². The molecular weight excluding hydrogens is 366 g/mol. The van der Waals surface area contributed by atoms with Crippen molar-refractivity contribution in [2.75, 3.05) is 25.3 Å². The topological polar surface area (TPSA) is 161 Å². The van der Waals surface area contributed by atoms with E-state index in [0.29, 0.717) is 17.2 Å². The zero-order valence-electron chi connectivity index (χ0n) is 14.9. The minimum absolute atomic E-state index is 0.0214. The van der Waals surface area contributed by atoms with Crippen molar-refractivity contribution in [3.63, 3.8) is 0 Å². The summed E-state index contributed by atoms with van der Waals surface area (Å²) in [6, 6.07) is 8.53. The zero-order valence-corrected chi connectivity index (χ0v) is 14.9. The molecule has 0 aliphatic carbocycles. The van der Waals surface area contributed by atoms with Crippen LogP contribution in [0.3, 0.4) is 0 Å². The van der Waals surface area contributed by atoms with E-state index in [0.717, 1.165) is 10.9 Å². The number of hydrogen-bond donors (Lipinski definition) is 3. The number of carboxylic acids is 1. The number of methoxy groups -OCH3 is 2. The first-order valence-corrected chi connectivity index (χ1v) is 7.82. The van der Waals surface area contributed by atoms with E-state index in [2.05, 4.69) is 20.4 Å². The standard InChI is InChI=1S/C17H15N7O4/c1-27-11-4-3-5-12(28-2)14(11)22-13-6-9(7-18)21-17(23-13)24-15(19)10(8-20-24)16(25)26/h3-6,8H,19H2,1-2H3,(H,25,26)(H,21,22,23). The molecule has 3 aromatic rings. The van der Waals surface area contributed by atoms with Gasteiger partial charge in [0.1, 0.15) is 46.1 Å². The molecule has 2 heterocycles. The lowest BCUT2D eigenvalue weighted by Gasteiger charge is -2.15. The second kappa shape index (κ2) is 7.50. The van der Waals surface area contributed by atoms with Crippen LogP contribution < -0.4 is 20.5 Å². The van der Waals surface area contributed by atoms with Crippen molar-refractivity contribution in [1.82, 2.24) is 19.7 Å². The first kappa shape index (κ1) is 18.5. The normalized spacial score (nSPS) is 10.2. The molecule has 0 saturated carbocycles. The molecule has 0 radical (unpaired) electrons. The van der Waals surface area contributed by atoms with Gasteiger partial charge in [-0.2, -0.15) is 25.0 Å². The number of nitrogens with one attached hydrogen (secondary N) is 1. The molecule has 0 fully saturated rings. The number of aromatic carboxylic acids is 1. The highest BCUT2D eigenvalue weighted by Gasteiger charge is 2.18. The third kappa shape index (κ3) is 3.34. The summed E-state index contributed by atoms with van der Waals surface area (Å²) in [4.78, 5) is 19.5. The predicted octanol–water partition coefficient (Wildman–Crippen LogP) is 1.58. The van der Waals surface area contributed by atoms with Crippen molar-refractivity contribution >= 4 is 23.3 Å². The van der Waals surface area contributed by atoms with Crippen molar-refractivity contribution in [3.8, 4) is 23.5 Å². The number of rotatable bonds is 6. The summed E-state index contributed by atoms with van der Waals surface area (Å²) >= 11 is 0. The lowest BCUT2D eigenvalue weighted by Crippen LogP contribution is -2.11. The molecule has 2 aromatic heterocycles. The lowest BCUT2D eigenvalue weighted by molar-refractivity contribution is 0.0698. The van der Waals surface area contributed by atoms with Crippen molar-refractivity contribution in [3.05, 3.63) is 41.7 Å². The summed E-state index contributed by atoms with van der Waals surface area (Å²) < 4.78 is 11.7. The van der Waals surface area contributed by atoms with Gasteiger partial charge in [0.25, 0.3) is 5.95 Å². The molecule has 0 bridgehead atoms. The number of nitrogens with zero attached hydrogens (tertiary/aromatic N) is 5. The lowest BCUT2D eigenvalue weighted by atomic mass is 10.2. The Morgan fingerprint density at radius 1 is 1.29 bits per heavy atom. The molecule has 1 aromatic carbocycles. The fourth-order valence-corrected chi connectivity index (χ4v) is 2.44. The van der Waals surface area contributed by atoms with Gasteiger partial charge in [0.05, 0.1) is 20.4 Å². The molecular formula is C17H15N7O4. The summed E-state index contributed by atoms with van der Waals surface area (Å²) in [6.45, 7) is 0. The number of hydrogen-bond acceptors (Lipinski definition) is 9. The fraction of sp³-hybridized carbons (Fsp3) is 0.118. The van der Waals surface area contributed by atoms with Gasteiger partial charge in [-0.15, -0.1) is 0 Å². The maximum Gasteiger partial charge on any atom is 0.341 e. The van der Waals surface area contributed by atoms with Gasteiger partial charge in [0.2, 0.25) is 0 Å². The van der Waals surface area contributed by atoms with E-state index in [1.807, 2.05) is 6.07 Å². The molecule has 0 aliphatic rings. The van der Waals surface area contributed by atoms with Crippen LogP contribution in [0.5, 0.6) is 11.5 Å². The number of nitrogen functional groups attached to an aromatic ring is 1. The van der Waals surface area contributed by atoms with Crippen molar-refractivity contribution < 1.29 is 19.4 Å². The third-order valence-corrected chi connectivity index (χ3v) is 3.74. The maximum absolute atomic E-state index is 11.2. The Bertz CT molecular complexity index is 1070. The molecule has 28 heavy (non-hydrogen) atoms. The number of para-hydroxylation sites is 1. The second-order valence-electron chi connectivity index (χ2n) is 5.37. The van der Waals surface area contributed by atoms with Crippen LogP contribution in [0, 0.1) is 11.3 Å². The molecule has 0 saturated heterocycles. The average molecular weight is 381 g/mol. The molecule has 0 amide bonds. The van der Waals surface area contributed by atoms with Crippen LogP contribution in [0.15, 0.2) is 30.5 Å². The first-order valence-electron chi connectivity index (χ1n) is 7.82. The summed E-state index contributed by atoms with van der Waals surface area (Å²) in [5, 5.41) is 25.3. The van der Waals surface area contributed by atoms with Gasteiger partial charge in [-0.05, 0) is 12.1 Å². The van der Waals surface area contributed by atoms with E-state index in [-0.39, 0.29) is 28.8 Å². The van der Waals surface area contributed by atoms with Crippen LogP contribution in [0.1, 0.15) is 16.1 Å². The minimum atomic E-state index is -1.24. The van der Waals surface area contributed by atoms with Crippen LogP contribution in [0.4, 0.5) is 17.3 Å². The number of carboxylic acid groups (broad SMARTS) is 1. The van der Waals surface area contributed by atoms with Gasteiger partial charge in [-0.3, -0.25) is 0 Å². The highest BCUT2D eigenvalue weighted by Crippen LogP contribution is 2.36. The molecule has 142 valence electrons. The summed E-state index contributed by atoms with van der Waals surface area (Å²) in [5.74, 6) is -0.258. The van der Waals surface area contributed by atoms with Gasteiger partial charge in [-0.25, -0.2) is 4.79 Å². The quantitative estimate of drug-likeness (QED) is 0.571. The first-order chi connectivity index (χ1) is 13.5. The number of nitrogens with two attached hydrogens (primary N) is 1. The molecule has 3 rings (SSSR count). The molecule has 0 spiro atoms. The number of carbonyl (C=O) groups is 1. The Morgan fingerprint density at radius 3 is 2.50 bits per heavy atom. The SMILES string of the molecule is COc1cccc(OC)c1Nc1cc(C#N)nc(-n2ncc(C(=O)O)c2N)n1. The maximum atomic E-state index is 11.2. The third-order valence-electron chi connectivity index (χ3n) is 3.74. The highest BCUT2D eigenvalue weighted by molar-refractivity contribution is 5.92.